The van der Waals surface area contributed by atoms with E-state index in [0.717, 1.165) is 58.0 Å². The van der Waals surface area contributed by atoms with Crippen molar-refractivity contribution in [1.82, 2.24) is 4.90 Å². The van der Waals surface area contributed by atoms with Gasteiger partial charge in [-0.05, 0) is 18.8 Å². The number of morpholine rings is 1. The molecule has 0 aromatic carbocycles. The van der Waals surface area contributed by atoms with Crippen LogP contribution in [0.5, 0.6) is 0 Å². The van der Waals surface area contributed by atoms with E-state index < -0.39 is 0 Å². The lowest BCUT2D eigenvalue weighted by molar-refractivity contribution is -0.126. The summed E-state index contributed by atoms with van der Waals surface area (Å²) < 4.78 is 5.31. The molecule has 1 aliphatic carbocycles. The second kappa shape index (κ2) is 5.08. The molecule has 3 nitrogen and oxygen atoms in total. The molecule has 1 aliphatic heterocycles. The quantitative estimate of drug-likeness (QED) is 0.690. The summed E-state index contributed by atoms with van der Waals surface area (Å²) in [6, 6.07) is 0. The van der Waals surface area contributed by atoms with Gasteiger partial charge >= 0.3 is 0 Å². The molecule has 2 unspecified atom stereocenters. The van der Waals surface area contributed by atoms with Gasteiger partial charge in [-0.25, -0.2) is 0 Å². The van der Waals surface area contributed by atoms with Crippen molar-refractivity contribution in [2.24, 2.45) is 11.8 Å². The minimum Gasteiger partial charge on any atom is -0.379 e. The van der Waals surface area contributed by atoms with Crippen LogP contribution in [0.4, 0.5) is 0 Å². The number of nitrogens with zero attached hydrogens (tertiary/aromatic N) is 1. The molecule has 15 heavy (non-hydrogen) atoms. The molecule has 0 N–H and O–H groups in total. The van der Waals surface area contributed by atoms with E-state index in [9.17, 15) is 4.79 Å². The molecular formula is C12H21NO2. The Hall–Kier alpha value is -0.410. The molecule has 0 spiro atoms. The molecule has 0 amide bonds. The Morgan fingerprint density at radius 3 is 2.87 bits per heavy atom. The molecule has 0 radical (unpaired) electrons. The van der Waals surface area contributed by atoms with E-state index in [2.05, 4.69) is 11.8 Å². The highest BCUT2D eigenvalue weighted by Gasteiger charge is 2.28. The second-order valence-electron chi connectivity index (χ2n) is 4.96. The van der Waals surface area contributed by atoms with Crippen LogP contribution >= 0.6 is 0 Å². The molecule has 0 aromatic rings. The molecule has 0 bridgehead atoms. The van der Waals surface area contributed by atoms with Crippen molar-refractivity contribution in [2.75, 3.05) is 32.8 Å². The van der Waals surface area contributed by atoms with Gasteiger partial charge in [0, 0.05) is 32.0 Å². The number of ether oxygens (including phenoxy) is 1. The monoisotopic (exact) mass is 211 g/mol. The lowest BCUT2D eigenvalue weighted by Crippen LogP contribution is -2.42. The molecule has 2 rings (SSSR count). The van der Waals surface area contributed by atoms with Crippen molar-refractivity contribution in [2.45, 2.75) is 26.2 Å². The highest BCUT2D eigenvalue weighted by atomic mass is 16.5. The number of carbonyl (C=O) groups excluding carboxylic acids is 1. The van der Waals surface area contributed by atoms with Crippen LogP contribution in [0, 0.1) is 11.8 Å². The lowest BCUT2D eigenvalue weighted by Gasteiger charge is -2.33. The van der Waals surface area contributed by atoms with Crippen LogP contribution in [0.1, 0.15) is 26.2 Å². The van der Waals surface area contributed by atoms with Gasteiger partial charge < -0.3 is 4.74 Å². The average Bonchev–Trinajstić information content (AvgIpc) is 2.25. The van der Waals surface area contributed by atoms with Crippen LogP contribution in [0.15, 0.2) is 0 Å². The number of hydrogen-bond acceptors (Lipinski definition) is 3. The van der Waals surface area contributed by atoms with Crippen LogP contribution in [0.25, 0.3) is 0 Å². The Kier molecular flexibility index (Phi) is 3.76. The molecule has 0 aromatic heterocycles. The Morgan fingerprint density at radius 1 is 1.40 bits per heavy atom. The van der Waals surface area contributed by atoms with Gasteiger partial charge in [-0.1, -0.05) is 6.92 Å². The molecule has 2 atom stereocenters. The van der Waals surface area contributed by atoms with Gasteiger partial charge in [-0.15, -0.1) is 0 Å². The highest BCUT2D eigenvalue weighted by molar-refractivity contribution is 5.81. The zero-order valence-corrected chi connectivity index (χ0v) is 9.58. The van der Waals surface area contributed by atoms with Crippen LogP contribution < -0.4 is 0 Å². The van der Waals surface area contributed by atoms with Gasteiger partial charge in [0.2, 0.25) is 0 Å². The summed E-state index contributed by atoms with van der Waals surface area (Å²) in [5, 5.41) is 0. The van der Waals surface area contributed by atoms with Gasteiger partial charge in [-0.2, -0.15) is 0 Å². The highest BCUT2D eigenvalue weighted by Crippen LogP contribution is 2.26. The normalized spacial score (nSPS) is 34.3. The molecular weight excluding hydrogens is 190 g/mol. The van der Waals surface area contributed by atoms with E-state index in [-0.39, 0.29) is 0 Å². The largest absolute Gasteiger partial charge is 0.379 e. The molecule has 86 valence electrons. The summed E-state index contributed by atoms with van der Waals surface area (Å²) in [4.78, 5) is 14.1. The first-order valence-corrected chi connectivity index (χ1v) is 6.08. The minimum absolute atomic E-state index is 0.298. The number of rotatable bonds is 2. The maximum atomic E-state index is 11.8. The van der Waals surface area contributed by atoms with Crippen molar-refractivity contribution in [1.29, 1.82) is 0 Å². The first kappa shape index (κ1) is 11.1. The van der Waals surface area contributed by atoms with Crippen molar-refractivity contribution in [3.8, 4) is 0 Å². The summed E-state index contributed by atoms with van der Waals surface area (Å²) in [5.41, 5.74) is 0. The Bertz CT molecular complexity index is 224. The van der Waals surface area contributed by atoms with Gasteiger partial charge in [0.1, 0.15) is 5.78 Å². The zero-order chi connectivity index (χ0) is 10.7. The van der Waals surface area contributed by atoms with Crippen LogP contribution in [-0.2, 0) is 9.53 Å². The third-order valence-electron chi connectivity index (χ3n) is 3.61. The fourth-order valence-corrected chi connectivity index (χ4v) is 2.60. The molecule has 1 heterocycles. The number of hydrogen-bond donors (Lipinski definition) is 0. The maximum Gasteiger partial charge on any atom is 0.137 e. The predicted molar refractivity (Wildman–Crippen MR) is 58.8 cm³/mol. The van der Waals surface area contributed by atoms with Gasteiger partial charge in [0.25, 0.3) is 0 Å². The van der Waals surface area contributed by atoms with Crippen LogP contribution in [0.2, 0.25) is 0 Å². The van der Waals surface area contributed by atoms with E-state index in [0.29, 0.717) is 11.7 Å². The average molecular weight is 211 g/mol. The van der Waals surface area contributed by atoms with Gasteiger partial charge in [-0.3, -0.25) is 9.69 Å². The molecule has 1 saturated heterocycles. The number of ketones is 1. The molecule has 2 aliphatic rings. The van der Waals surface area contributed by atoms with Gasteiger partial charge in [0.15, 0.2) is 0 Å². The van der Waals surface area contributed by atoms with Crippen molar-refractivity contribution in [3.05, 3.63) is 0 Å². The first-order chi connectivity index (χ1) is 7.25. The summed E-state index contributed by atoms with van der Waals surface area (Å²) >= 11 is 0. The summed E-state index contributed by atoms with van der Waals surface area (Å²) in [5.74, 6) is 1.51. The van der Waals surface area contributed by atoms with E-state index in [1.54, 1.807) is 0 Å². The van der Waals surface area contributed by atoms with Gasteiger partial charge in [0.05, 0.1) is 13.2 Å². The van der Waals surface area contributed by atoms with Crippen molar-refractivity contribution in [3.63, 3.8) is 0 Å². The summed E-state index contributed by atoms with van der Waals surface area (Å²) in [6.45, 7) is 6.88. The van der Waals surface area contributed by atoms with E-state index in [1.807, 2.05) is 0 Å². The van der Waals surface area contributed by atoms with E-state index >= 15 is 0 Å². The SMILES string of the molecule is CC1CCC(=O)C(CN2CCOCC2)C1. The second-order valence-corrected chi connectivity index (χ2v) is 4.96. The van der Waals surface area contributed by atoms with Crippen molar-refractivity contribution >= 4 is 5.78 Å². The van der Waals surface area contributed by atoms with Crippen LogP contribution in [0.3, 0.4) is 0 Å². The maximum absolute atomic E-state index is 11.8. The summed E-state index contributed by atoms with van der Waals surface area (Å²) in [6.07, 6.45) is 2.99. The smallest absolute Gasteiger partial charge is 0.137 e. The third-order valence-corrected chi connectivity index (χ3v) is 3.61. The fraction of sp³-hybridized carbons (Fsp3) is 0.917. The number of Topliss-reactive ketones (excluding diaryl/α,β-unsaturated/α-hetero) is 1. The van der Waals surface area contributed by atoms with E-state index in [1.165, 1.54) is 0 Å². The molecule has 3 heteroatoms. The van der Waals surface area contributed by atoms with Crippen LogP contribution in [-0.4, -0.2) is 43.5 Å². The third kappa shape index (κ3) is 3.02. The van der Waals surface area contributed by atoms with E-state index in [4.69, 9.17) is 4.74 Å². The molecule has 2 fully saturated rings. The zero-order valence-electron chi connectivity index (χ0n) is 9.58. The topological polar surface area (TPSA) is 29.5 Å². The first-order valence-electron chi connectivity index (χ1n) is 6.08. The standard InChI is InChI=1S/C12H21NO2/c1-10-2-3-12(14)11(8-10)9-13-4-6-15-7-5-13/h10-11H,2-9H2,1H3. The Balaban J connectivity index is 1.83. The lowest BCUT2D eigenvalue weighted by atomic mass is 9.81. The summed E-state index contributed by atoms with van der Waals surface area (Å²) in [7, 11) is 0. The molecule has 1 saturated carbocycles. The Morgan fingerprint density at radius 2 is 2.13 bits per heavy atom. The number of carbonyl (C=O) groups is 1. The van der Waals surface area contributed by atoms with Crippen molar-refractivity contribution < 1.29 is 9.53 Å². The predicted octanol–water partition coefficient (Wildman–Crippen LogP) is 1.32. The Labute approximate surface area is 91.8 Å². The minimum atomic E-state index is 0.298. The fourth-order valence-electron chi connectivity index (χ4n) is 2.60.